The molecule has 0 bridgehead atoms. The van der Waals surface area contributed by atoms with Crippen LogP contribution in [-0.2, 0) is 14.3 Å². The summed E-state index contributed by atoms with van der Waals surface area (Å²) in [5, 5.41) is 12.9. The summed E-state index contributed by atoms with van der Waals surface area (Å²) in [5.41, 5.74) is -0.0443. The number of aliphatic carboxylic acids is 1. The molecule has 0 spiro atoms. The molecular formula is C16H19Cl2NO4. The van der Waals surface area contributed by atoms with Crippen LogP contribution in [0.2, 0.25) is 10.0 Å². The van der Waals surface area contributed by atoms with Crippen molar-refractivity contribution in [3.63, 3.8) is 0 Å². The number of nitrogens with one attached hydrogen (secondary N) is 1. The van der Waals surface area contributed by atoms with Gasteiger partial charge in [-0.3, -0.25) is 9.59 Å². The van der Waals surface area contributed by atoms with E-state index in [4.69, 9.17) is 33.0 Å². The van der Waals surface area contributed by atoms with Crippen LogP contribution in [0, 0.1) is 5.92 Å². The minimum atomic E-state index is -0.988. The fourth-order valence-electron chi connectivity index (χ4n) is 2.80. The van der Waals surface area contributed by atoms with Crippen LogP contribution in [0.4, 0.5) is 0 Å². The molecule has 1 amide bonds. The number of methoxy groups -OCH3 is 1. The second-order valence-corrected chi connectivity index (χ2v) is 7.01. The molecule has 1 aromatic carbocycles. The van der Waals surface area contributed by atoms with Gasteiger partial charge in [0.1, 0.15) is 0 Å². The summed E-state index contributed by atoms with van der Waals surface area (Å²) in [6.45, 7) is 1.79. The van der Waals surface area contributed by atoms with Crippen LogP contribution >= 0.6 is 23.2 Å². The van der Waals surface area contributed by atoms with Gasteiger partial charge in [-0.25, -0.2) is 0 Å². The van der Waals surface area contributed by atoms with Gasteiger partial charge in [0.25, 0.3) is 0 Å². The Kier molecular flexibility index (Phi) is 5.55. The third kappa shape index (κ3) is 4.59. The second kappa shape index (κ2) is 7.07. The molecule has 0 aliphatic heterocycles. The normalized spacial score (nSPS) is 22.3. The van der Waals surface area contributed by atoms with Gasteiger partial charge in [-0.05, 0) is 37.0 Å². The van der Waals surface area contributed by atoms with Crippen LogP contribution in [0.5, 0.6) is 0 Å². The summed E-state index contributed by atoms with van der Waals surface area (Å²) in [6.07, 6.45) is 0.481. The van der Waals surface area contributed by atoms with Crippen molar-refractivity contribution < 1.29 is 19.4 Å². The van der Waals surface area contributed by atoms with E-state index >= 15 is 0 Å². The average molecular weight is 360 g/mol. The minimum Gasteiger partial charge on any atom is -0.481 e. The predicted octanol–water partition coefficient (Wildman–Crippen LogP) is 3.09. The maximum absolute atomic E-state index is 12.4. The van der Waals surface area contributed by atoms with E-state index in [1.54, 1.807) is 19.1 Å². The van der Waals surface area contributed by atoms with E-state index in [-0.39, 0.29) is 30.8 Å². The standard InChI is InChI=1S/C16H19Cl2NO4/c1-16(8-23-2,7-14(20)21)19-15(22)12-6-11(12)10-4-3-9(17)5-13(10)18/h3-5,11-12H,6-8H2,1-2H3,(H,19,22)(H,20,21). The van der Waals surface area contributed by atoms with E-state index in [1.165, 1.54) is 7.11 Å². The highest BCUT2D eigenvalue weighted by molar-refractivity contribution is 6.35. The Morgan fingerprint density at radius 2 is 2.13 bits per heavy atom. The number of carbonyl (C=O) groups excluding carboxylic acids is 1. The number of carboxylic acid groups (broad SMARTS) is 1. The Bertz CT molecular complexity index is 622. The van der Waals surface area contributed by atoms with E-state index in [2.05, 4.69) is 5.32 Å². The summed E-state index contributed by atoms with van der Waals surface area (Å²) < 4.78 is 5.04. The fraction of sp³-hybridized carbons (Fsp3) is 0.500. The van der Waals surface area contributed by atoms with E-state index in [9.17, 15) is 9.59 Å². The van der Waals surface area contributed by atoms with Crippen molar-refractivity contribution in [1.82, 2.24) is 5.32 Å². The zero-order valence-electron chi connectivity index (χ0n) is 12.9. The SMILES string of the molecule is COCC(C)(CC(=O)O)NC(=O)C1CC1c1ccc(Cl)cc1Cl. The zero-order chi connectivity index (χ0) is 17.2. The van der Waals surface area contributed by atoms with Crippen LogP contribution in [-0.4, -0.2) is 36.2 Å². The monoisotopic (exact) mass is 359 g/mol. The average Bonchev–Trinajstić information content (AvgIpc) is 3.17. The third-order valence-electron chi connectivity index (χ3n) is 3.92. The van der Waals surface area contributed by atoms with E-state index < -0.39 is 11.5 Å². The Morgan fingerprint density at radius 3 is 2.70 bits per heavy atom. The number of carbonyl (C=O) groups is 2. The van der Waals surface area contributed by atoms with Crippen molar-refractivity contribution in [3.05, 3.63) is 33.8 Å². The number of halogens is 2. The molecule has 5 nitrogen and oxygen atoms in total. The first-order valence-electron chi connectivity index (χ1n) is 7.23. The van der Waals surface area contributed by atoms with Gasteiger partial charge >= 0.3 is 5.97 Å². The number of hydrogen-bond acceptors (Lipinski definition) is 3. The van der Waals surface area contributed by atoms with Crippen molar-refractivity contribution in [2.45, 2.75) is 31.2 Å². The number of amides is 1. The molecule has 2 rings (SSSR count). The molecule has 0 saturated heterocycles. The highest BCUT2D eigenvalue weighted by Crippen LogP contribution is 2.50. The summed E-state index contributed by atoms with van der Waals surface area (Å²) in [5.74, 6) is -1.34. The van der Waals surface area contributed by atoms with Crippen molar-refractivity contribution in [2.24, 2.45) is 5.92 Å². The van der Waals surface area contributed by atoms with Crippen LogP contribution in [0.25, 0.3) is 0 Å². The molecule has 1 aliphatic rings. The number of carboxylic acids is 1. The van der Waals surface area contributed by atoms with E-state index in [0.29, 0.717) is 16.5 Å². The van der Waals surface area contributed by atoms with Crippen LogP contribution in [0.3, 0.4) is 0 Å². The summed E-state index contributed by atoms with van der Waals surface area (Å²) in [4.78, 5) is 23.4. The van der Waals surface area contributed by atoms with Crippen molar-refractivity contribution >= 4 is 35.1 Å². The van der Waals surface area contributed by atoms with Gasteiger partial charge in [-0.15, -0.1) is 0 Å². The van der Waals surface area contributed by atoms with Gasteiger partial charge in [-0.2, -0.15) is 0 Å². The highest BCUT2D eigenvalue weighted by Gasteiger charge is 2.46. The number of hydrogen-bond donors (Lipinski definition) is 2. The topological polar surface area (TPSA) is 75.6 Å². The number of rotatable bonds is 7. The minimum absolute atomic E-state index is 0.0383. The van der Waals surface area contributed by atoms with Crippen LogP contribution < -0.4 is 5.32 Å². The maximum atomic E-state index is 12.4. The Hall–Kier alpha value is -1.30. The summed E-state index contributed by atoms with van der Waals surface area (Å²) >= 11 is 12.1. The molecule has 1 fully saturated rings. The van der Waals surface area contributed by atoms with Crippen molar-refractivity contribution in [3.8, 4) is 0 Å². The van der Waals surface area contributed by atoms with Gasteiger partial charge in [0.05, 0.1) is 18.6 Å². The van der Waals surface area contributed by atoms with Gasteiger partial charge in [0, 0.05) is 23.1 Å². The third-order valence-corrected chi connectivity index (χ3v) is 4.48. The molecule has 7 heteroatoms. The van der Waals surface area contributed by atoms with Gasteiger partial charge < -0.3 is 15.2 Å². The second-order valence-electron chi connectivity index (χ2n) is 6.17. The lowest BCUT2D eigenvalue weighted by Crippen LogP contribution is -2.51. The Labute approximate surface area is 144 Å². The molecule has 126 valence electrons. The van der Waals surface area contributed by atoms with E-state index in [0.717, 1.165) is 5.56 Å². The Balaban J connectivity index is 2.03. The molecular weight excluding hydrogens is 341 g/mol. The van der Waals surface area contributed by atoms with E-state index in [1.807, 2.05) is 6.07 Å². The first-order valence-corrected chi connectivity index (χ1v) is 7.99. The van der Waals surface area contributed by atoms with Gasteiger partial charge in [-0.1, -0.05) is 29.3 Å². The van der Waals surface area contributed by atoms with Gasteiger partial charge in [0.15, 0.2) is 0 Å². The number of ether oxygens (including phenoxy) is 1. The van der Waals surface area contributed by atoms with Crippen molar-refractivity contribution in [2.75, 3.05) is 13.7 Å². The fourth-order valence-corrected chi connectivity index (χ4v) is 3.35. The van der Waals surface area contributed by atoms with Gasteiger partial charge in [0.2, 0.25) is 5.91 Å². The molecule has 0 heterocycles. The Morgan fingerprint density at radius 1 is 1.43 bits per heavy atom. The molecule has 1 aromatic rings. The molecule has 2 N–H and O–H groups in total. The lowest BCUT2D eigenvalue weighted by atomic mass is 9.98. The van der Waals surface area contributed by atoms with Crippen LogP contribution in [0.1, 0.15) is 31.2 Å². The molecule has 1 aliphatic carbocycles. The van der Waals surface area contributed by atoms with Crippen LogP contribution in [0.15, 0.2) is 18.2 Å². The zero-order valence-corrected chi connectivity index (χ0v) is 14.4. The smallest absolute Gasteiger partial charge is 0.305 e. The summed E-state index contributed by atoms with van der Waals surface area (Å²) in [6, 6.07) is 5.23. The quantitative estimate of drug-likeness (QED) is 0.784. The molecule has 23 heavy (non-hydrogen) atoms. The molecule has 1 saturated carbocycles. The highest BCUT2D eigenvalue weighted by atomic mass is 35.5. The first kappa shape index (κ1) is 18.0. The molecule has 3 atom stereocenters. The molecule has 0 radical (unpaired) electrons. The largest absolute Gasteiger partial charge is 0.481 e. The first-order chi connectivity index (χ1) is 10.8. The summed E-state index contributed by atoms with van der Waals surface area (Å²) in [7, 11) is 1.47. The molecule has 3 unspecified atom stereocenters. The predicted molar refractivity (Wildman–Crippen MR) is 88.0 cm³/mol. The lowest BCUT2D eigenvalue weighted by Gasteiger charge is -2.28. The lowest BCUT2D eigenvalue weighted by molar-refractivity contribution is -0.139. The maximum Gasteiger partial charge on any atom is 0.305 e. The number of benzene rings is 1. The van der Waals surface area contributed by atoms with Crippen molar-refractivity contribution in [1.29, 1.82) is 0 Å². The molecule has 0 aromatic heterocycles.